The first-order chi connectivity index (χ1) is 13.7. The van der Waals surface area contributed by atoms with Crippen LogP contribution < -0.4 is 14.8 Å². The van der Waals surface area contributed by atoms with E-state index in [1.54, 1.807) is 0 Å². The molecule has 0 atom stereocenters. The van der Waals surface area contributed by atoms with Crippen molar-refractivity contribution < 1.29 is 31.8 Å². The number of pyridine rings is 1. The van der Waals surface area contributed by atoms with E-state index in [1.807, 2.05) is 0 Å². The van der Waals surface area contributed by atoms with Gasteiger partial charge in [0.2, 0.25) is 0 Å². The quantitative estimate of drug-likeness (QED) is 0.583. The SMILES string of the molecule is O=C(Nc1c(F)cccc1F)c1ccc(-c2cc3c(cc2Cl)OC(F)(F)O3)cn1. The molecule has 1 N–H and O–H groups in total. The maximum absolute atomic E-state index is 13.7. The Morgan fingerprint density at radius 1 is 1.03 bits per heavy atom. The van der Waals surface area contributed by atoms with Crippen LogP contribution in [0.2, 0.25) is 5.02 Å². The van der Waals surface area contributed by atoms with Crippen LogP contribution in [0.4, 0.5) is 23.2 Å². The maximum Gasteiger partial charge on any atom is 0.586 e. The first kappa shape index (κ1) is 19.0. The highest BCUT2D eigenvalue weighted by Crippen LogP contribution is 2.45. The molecule has 148 valence electrons. The number of hydrogen-bond acceptors (Lipinski definition) is 4. The zero-order chi connectivity index (χ0) is 20.8. The number of benzene rings is 2. The molecule has 1 aliphatic rings. The van der Waals surface area contributed by atoms with Gasteiger partial charge in [-0.1, -0.05) is 23.7 Å². The van der Waals surface area contributed by atoms with E-state index in [-0.39, 0.29) is 22.2 Å². The minimum Gasteiger partial charge on any atom is -0.395 e. The van der Waals surface area contributed by atoms with Crippen LogP contribution in [0.1, 0.15) is 10.5 Å². The minimum atomic E-state index is -3.79. The standard InChI is InChI=1S/C19H9ClF4N2O3/c20-11-7-16-15(28-19(23,24)29-16)6-10(11)9-4-5-14(25-8-9)18(27)26-17-12(21)2-1-3-13(17)22/h1-8H,(H,26,27). The van der Waals surface area contributed by atoms with Crippen LogP contribution in [-0.2, 0) is 0 Å². The van der Waals surface area contributed by atoms with Gasteiger partial charge in [-0.05, 0) is 24.3 Å². The van der Waals surface area contributed by atoms with Gasteiger partial charge in [-0.2, -0.15) is 0 Å². The summed E-state index contributed by atoms with van der Waals surface area (Å²) in [6.07, 6.45) is -2.53. The third-order valence-corrected chi connectivity index (χ3v) is 4.31. The smallest absolute Gasteiger partial charge is 0.395 e. The summed E-state index contributed by atoms with van der Waals surface area (Å²) in [7, 11) is 0. The van der Waals surface area contributed by atoms with E-state index in [9.17, 15) is 22.4 Å². The Bertz CT molecular complexity index is 1100. The monoisotopic (exact) mass is 424 g/mol. The molecular weight excluding hydrogens is 416 g/mol. The van der Waals surface area contributed by atoms with Crippen molar-refractivity contribution in [3.8, 4) is 22.6 Å². The van der Waals surface area contributed by atoms with Crippen molar-refractivity contribution in [2.45, 2.75) is 6.29 Å². The van der Waals surface area contributed by atoms with E-state index in [1.165, 1.54) is 36.5 Å². The van der Waals surface area contributed by atoms with Crippen molar-refractivity contribution in [3.63, 3.8) is 0 Å². The van der Waals surface area contributed by atoms with Crippen molar-refractivity contribution in [1.82, 2.24) is 4.98 Å². The topological polar surface area (TPSA) is 60.5 Å². The predicted octanol–water partition coefficient (Wildman–Crippen LogP) is 5.25. The number of rotatable bonds is 3. The van der Waals surface area contributed by atoms with Crippen LogP contribution in [0.15, 0.2) is 48.7 Å². The van der Waals surface area contributed by atoms with Gasteiger partial charge in [-0.25, -0.2) is 8.78 Å². The lowest BCUT2D eigenvalue weighted by Crippen LogP contribution is -2.25. The molecule has 1 amide bonds. The van der Waals surface area contributed by atoms with Gasteiger partial charge in [0.1, 0.15) is 23.0 Å². The Morgan fingerprint density at radius 3 is 2.31 bits per heavy atom. The summed E-state index contributed by atoms with van der Waals surface area (Å²) < 4.78 is 62.4. The van der Waals surface area contributed by atoms with Crippen LogP contribution in [-0.4, -0.2) is 17.2 Å². The van der Waals surface area contributed by atoms with Gasteiger partial charge < -0.3 is 14.8 Å². The van der Waals surface area contributed by atoms with E-state index >= 15 is 0 Å². The molecule has 0 aliphatic carbocycles. The van der Waals surface area contributed by atoms with Gasteiger partial charge in [0.05, 0.1) is 5.02 Å². The van der Waals surface area contributed by atoms with Crippen molar-refractivity contribution in [1.29, 1.82) is 0 Å². The molecule has 1 aromatic heterocycles. The molecule has 2 aromatic carbocycles. The fourth-order valence-electron chi connectivity index (χ4n) is 2.68. The molecule has 0 fully saturated rings. The lowest BCUT2D eigenvalue weighted by molar-refractivity contribution is -0.286. The molecule has 1 aliphatic heterocycles. The second-order valence-electron chi connectivity index (χ2n) is 5.93. The largest absolute Gasteiger partial charge is 0.586 e. The van der Waals surface area contributed by atoms with Gasteiger partial charge in [0.15, 0.2) is 11.5 Å². The molecule has 0 spiro atoms. The third-order valence-electron chi connectivity index (χ3n) is 4.00. The lowest BCUT2D eigenvalue weighted by atomic mass is 10.1. The summed E-state index contributed by atoms with van der Waals surface area (Å²) in [6.45, 7) is 0. The lowest BCUT2D eigenvalue weighted by Gasteiger charge is -2.09. The number of alkyl halides is 2. The zero-order valence-electron chi connectivity index (χ0n) is 14.2. The highest BCUT2D eigenvalue weighted by molar-refractivity contribution is 6.33. The second kappa shape index (κ2) is 6.93. The number of carbonyl (C=O) groups excluding carboxylic acids is 1. The number of aromatic nitrogens is 1. The number of carbonyl (C=O) groups is 1. The summed E-state index contributed by atoms with van der Waals surface area (Å²) >= 11 is 6.11. The highest BCUT2D eigenvalue weighted by Gasteiger charge is 2.43. The van der Waals surface area contributed by atoms with Gasteiger partial charge >= 0.3 is 6.29 Å². The van der Waals surface area contributed by atoms with Gasteiger partial charge in [0, 0.05) is 23.4 Å². The summed E-state index contributed by atoms with van der Waals surface area (Å²) in [4.78, 5) is 16.1. The number of ether oxygens (including phenoxy) is 2. The van der Waals surface area contributed by atoms with Crippen molar-refractivity contribution >= 4 is 23.2 Å². The minimum absolute atomic E-state index is 0.0949. The third kappa shape index (κ3) is 3.68. The first-order valence-electron chi connectivity index (χ1n) is 8.05. The van der Waals surface area contributed by atoms with Crippen LogP contribution >= 0.6 is 11.6 Å². The molecule has 0 radical (unpaired) electrons. The molecule has 0 unspecified atom stereocenters. The summed E-state index contributed by atoms with van der Waals surface area (Å²) in [5.41, 5.74) is -0.0144. The molecule has 10 heteroatoms. The molecule has 0 saturated heterocycles. The van der Waals surface area contributed by atoms with E-state index in [0.29, 0.717) is 11.1 Å². The average molecular weight is 425 g/mol. The van der Waals surface area contributed by atoms with Crippen LogP contribution in [0, 0.1) is 11.6 Å². The average Bonchev–Trinajstić information content (AvgIpc) is 2.97. The van der Waals surface area contributed by atoms with Crippen LogP contribution in [0.5, 0.6) is 11.5 Å². The number of amides is 1. The Morgan fingerprint density at radius 2 is 1.69 bits per heavy atom. The summed E-state index contributed by atoms with van der Waals surface area (Å²) in [5.74, 6) is -3.11. The summed E-state index contributed by atoms with van der Waals surface area (Å²) in [5, 5.41) is 2.21. The molecule has 0 saturated carbocycles. The number of nitrogens with one attached hydrogen (secondary N) is 1. The number of hydrogen-bond donors (Lipinski definition) is 1. The maximum atomic E-state index is 13.7. The number of nitrogens with zero attached hydrogens (tertiary/aromatic N) is 1. The normalized spacial score (nSPS) is 14.0. The Hall–Kier alpha value is -3.33. The number of halogens is 5. The Kier molecular flexibility index (Phi) is 4.54. The highest BCUT2D eigenvalue weighted by atomic mass is 35.5. The van der Waals surface area contributed by atoms with Crippen molar-refractivity contribution in [2.75, 3.05) is 5.32 Å². The fourth-order valence-corrected chi connectivity index (χ4v) is 2.94. The fraction of sp³-hybridized carbons (Fsp3) is 0.0526. The zero-order valence-corrected chi connectivity index (χ0v) is 14.9. The molecule has 3 aromatic rings. The molecule has 29 heavy (non-hydrogen) atoms. The van der Waals surface area contributed by atoms with Gasteiger partial charge in [0.25, 0.3) is 5.91 Å². The van der Waals surface area contributed by atoms with Gasteiger partial charge in [-0.15, -0.1) is 8.78 Å². The molecule has 4 rings (SSSR count). The summed E-state index contributed by atoms with van der Waals surface area (Å²) in [6, 6.07) is 8.33. The molecule has 5 nitrogen and oxygen atoms in total. The number of anilines is 1. The molecule has 2 heterocycles. The Balaban J connectivity index is 1.58. The first-order valence-corrected chi connectivity index (χ1v) is 8.42. The van der Waals surface area contributed by atoms with Crippen LogP contribution in [0.25, 0.3) is 11.1 Å². The van der Waals surface area contributed by atoms with Gasteiger partial charge in [-0.3, -0.25) is 9.78 Å². The number of para-hydroxylation sites is 1. The van der Waals surface area contributed by atoms with E-state index in [0.717, 1.165) is 12.1 Å². The Labute approximate surface area is 165 Å². The number of fused-ring (bicyclic) bond motifs is 1. The second-order valence-corrected chi connectivity index (χ2v) is 6.34. The molecule has 0 bridgehead atoms. The van der Waals surface area contributed by atoms with Crippen LogP contribution in [0.3, 0.4) is 0 Å². The van der Waals surface area contributed by atoms with Crippen molar-refractivity contribution in [2.24, 2.45) is 0 Å². The van der Waals surface area contributed by atoms with Crippen molar-refractivity contribution in [3.05, 3.63) is 71.0 Å². The predicted molar refractivity (Wildman–Crippen MR) is 95.2 cm³/mol. The molecular formula is C19H9ClF4N2O3. The van der Waals surface area contributed by atoms with E-state index < -0.39 is 29.5 Å². The van der Waals surface area contributed by atoms with E-state index in [2.05, 4.69) is 19.8 Å². The van der Waals surface area contributed by atoms with E-state index in [4.69, 9.17) is 11.6 Å².